The normalized spacial score (nSPS) is 27.6. The minimum absolute atomic E-state index is 0.0872. The van der Waals surface area contributed by atoms with Gasteiger partial charge in [-0.15, -0.1) is 0 Å². The molecule has 4 heteroatoms. The first-order valence-corrected chi connectivity index (χ1v) is 7.07. The molecule has 104 valence electrons. The van der Waals surface area contributed by atoms with Crippen LogP contribution in [-0.2, 0) is 4.74 Å². The monoisotopic (exact) mass is 254 g/mol. The highest BCUT2D eigenvalue weighted by atomic mass is 16.6. The molecule has 18 heavy (non-hydrogen) atoms. The zero-order valence-electron chi connectivity index (χ0n) is 11.9. The molecule has 1 saturated carbocycles. The van der Waals surface area contributed by atoms with Gasteiger partial charge in [-0.3, -0.25) is 0 Å². The Morgan fingerprint density at radius 3 is 2.50 bits per heavy atom. The summed E-state index contributed by atoms with van der Waals surface area (Å²) in [7, 11) is 0. The third-order valence-corrected chi connectivity index (χ3v) is 4.02. The Morgan fingerprint density at radius 2 is 1.94 bits per heavy atom. The van der Waals surface area contributed by atoms with Crippen LogP contribution in [0.2, 0.25) is 0 Å². The predicted octanol–water partition coefficient (Wildman–Crippen LogP) is 2.51. The quantitative estimate of drug-likeness (QED) is 0.782. The van der Waals surface area contributed by atoms with E-state index < -0.39 is 5.60 Å². The van der Waals surface area contributed by atoms with Gasteiger partial charge in [0.05, 0.1) is 0 Å². The van der Waals surface area contributed by atoms with E-state index in [-0.39, 0.29) is 11.6 Å². The molecular formula is C14H26N2O2. The van der Waals surface area contributed by atoms with E-state index in [4.69, 9.17) is 10.5 Å². The van der Waals surface area contributed by atoms with Gasteiger partial charge in [0.25, 0.3) is 0 Å². The topological polar surface area (TPSA) is 55.6 Å². The van der Waals surface area contributed by atoms with Gasteiger partial charge in [-0.05, 0) is 58.8 Å². The van der Waals surface area contributed by atoms with Crippen molar-refractivity contribution in [2.45, 2.75) is 64.0 Å². The van der Waals surface area contributed by atoms with Gasteiger partial charge in [0.2, 0.25) is 0 Å². The summed E-state index contributed by atoms with van der Waals surface area (Å²) in [5.41, 5.74) is 5.96. The lowest BCUT2D eigenvalue weighted by Gasteiger charge is -2.26. The van der Waals surface area contributed by atoms with E-state index in [0.717, 1.165) is 45.2 Å². The highest BCUT2D eigenvalue weighted by Gasteiger charge is 2.45. The number of ether oxygens (including phenoxy) is 1. The number of amides is 1. The van der Waals surface area contributed by atoms with Crippen LogP contribution in [-0.4, -0.2) is 35.2 Å². The molecule has 2 N–H and O–H groups in total. The maximum Gasteiger partial charge on any atom is 0.410 e. The average Bonchev–Trinajstić information content (AvgIpc) is 2.98. The van der Waals surface area contributed by atoms with Crippen molar-refractivity contribution < 1.29 is 9.53 Å². The highest BCUT2D eigenvalue weighted by Crippen LogP contribution is 2.44. The van der Waals surface area contributed by atoms with Crippen molar-refractivity contribution >= 4 is 6.09 Å². The Kier molecular flexibility index (Phi) is 3.58. The zero-order chi connectivity index (χ0) is 13.4. The van der Waals surface area contributed by atoms with Crippen LogP contribution in [0.1, 0.15) is 52.9 Å². The first-order valence-electron chi connectivity index (χ1n) is 7.07. The molecule has 2 fully saturated rings. The smallest absolute Gasteiger partial charge is 0.410 e. The second-order valence-corrected chi connectivity index (χ2v) is 6.83. The number of hydrogen-bond acceptors (Lipinski definition) is 3. The number of nitrogens with two attached hydrogens (primary N) is 1. The molecule has 2 rings (SSSR count). The summed E-state index contributed by atoms with van der Waals surface area (Å²) in [5.74, 6) is 0.588. The molecule has 0 aromatic carbocycles. The van der Waals surface area contributed by atoms with Crippen LogP contribution in [0.25, 0.3) is 0 Å². The van der Waals surface area contributed by atoms with Gasteiger partial charge in [-0.2, -0.15) is 0 Å². The molecule has 1 aliphatic heterocycles. The number of hydrogen-bond donors (Lipinski definition) is 1. The van der Waals surface area contributed by atoms with Gasteiger partial charge in [-0.25, -0.2) is 4.79 Å². The van der Waals surface area contributed by atoms with Crippen LogP contribution in [0.3, 0.4) is 0 Å². The fraction of sp³-hybridized carbons (Fsp3) is 0.929. The van der Waals surface area contributed by atoms with Crippen molar-refractivity contribution in [1.82, 2.24) is 4.90 Å². The minimum atomic E-state index is -0.408. The summed E-state index contributed by atoms with van der Waals surface area (Å²) in [4.78, 5) is 13.9. The fourth-order valence-electron chi connectivity index (χ4n) is 2.73. The largest absolute Gasteiger partial charge is 0.444 e. The summed E-state index contributed by atoms with van der Waals surface area (Å²) >= 11 is 0. The molecule has 1 unspecified atom stereocenters. The van der Waals surface area contributed by atoms with E-state index in [1.165, 1.54) is 0 Å². The molecule has 4 nitrogen and oxygen atoms in total. The number of nitrogens with zero attached hydrogens (tertiary/aromatic N) is 1. The van der Waals surface area contributed by atoms with Crippen LogP contribution in [0, 0.1) is 5.92 Å². The molecule has 1 saturated heterocycles. The Balaban J connectivity index is 1.87. The summed E-state index contributed by atoms with van der Waals surface area (Å²) in [5, 5.41) is 0. The van der Waals surface area contributed by atoms with Crippen LogP contribution < -0.4 is 5.73 Å². The Bertz CT molecular complexity index is 318. The minimum Gasteiger partial charge on any atom is -0.444 e. The maximum absolute atomic E-state index is 12.0. The Morgan fingerprint density at radius 1 is 1.28 bits per heavy atom. The average molecular weight is 254 g/mol. The van der Waals surface area contributed by atoms with Gasteiger partial charge in [0.15, 0.2) is 0 Å². The lowest BCUT2D eigenvalue weighted by atomic mass is 9.91. The number of rotatable bonds is 1. The van der Waals surface area contributed by atoms with Crippen molar-refractivity contribution in [3.05, 3.63) is 0 Å². The lowest BCUT2D eigenvalue weighted by Crippen LogP contribution is -2.38. The predicted molar refractivity (Wildman–Crippen MR) is 71.3 cm³/mol. The molecule has 0 radical (unpaired) electrons. The molecule has 0 bridgehead atoms. The lowest BCUT2D eigenvalue weighted by molar-refractivity contribution is 0.0254. The first kappa shape index (κ1) is 13.7. The molecule has 1 aliphatic carbocycles. The number of carbonyl (C=O) groups excluding carboxylic acids is 1. The number of likely N-dealkylation sites (tertiary alicyclic amines) is 1. The fourth-order valence-corrected chi connectivity index (χ4v) is 2.73. The van der Waals surface area contributed by atoms with E-state index in [2.05, 4.69) is 0 Å². The van der Waals surface area contributed by atoms with Crippen molar-refractivity contribution in [1.29, 1.82) is 0 Å². The summed E-state index contributed by atoms with van der Waals surface area (Å²) < 4.78 is 5.42. The highest BCUT2D eigenvalue weighted by molar-refractivity contribution is 5.68. The zero-order valence-corrected chi connectivity index (χ0v) is 11.9. The van der Waals surface area contributed by atoms with Crippen LogP contribution in [0.4, 0.5) is 4.79 Å². The third-order valence-electron chi connectivity index (χ3n) is 4.02. The van der Waals surface area contributed by atoms with Crippen molar-refractivity contribution in [2.24, 2.45) is 11.7 Å². The van der Waals surface area contributed by atoms with Crippen LogP contribution >= 0.6 is 0 Å². The second-order valence-electron chi connectivity index (χ2n) is 6.83. The van der Waals surface area contributed by atoms with Crippen molar-refractivity contribution in [2.75, 3.05) is 13.1 Å². The molecule has 0 aromatic rings. The molecule has 1 atom stereocenters. The van der Waals surface area contributed by atoms with E-state index in [1.54, 1.807) is 0 Å². The Hall–Kier alpha value is -0.770. The van der Waals surface area contributed by atoms with Crippen LogP contribution in [0.15, 0.2) is 0 Å². The van der Waals surface area contributed by atoms with Gasteiger partial charge in [0, 0.05) is 18.6 Å². The van der Waals surface area contributed by atoms with Gasteiger partial charge >= 0.3 is 6.09 Å². The molecule has 0 spiro atoms. The number of carbonyl (C=O) groups is 1. The van der Waals surface area contributed by atoms with Gasteiger partial charge in [0.1, 0.15) is 5.60 Å². The molecule has 0 aromatic heterocycles. The summed E-state index contributed by atoms with van der Waals surface area (Å²) in [6.45, 7) is 7.32. The standard InChI is InChI=1S/C14H26N2O2/c1-13(2,3)18-12(17)16-9-4-5-11(6-10-16)14(15)7-8-14/h11H,4-10,15H2,1-3H3. The van der Waals surface area contributed by atoms with E-state index in [1.807, 2.05) is 25.7 Å². The van der Waals surface area contributed by atoms with Gasteiger partial charge in [-0.1, -0.05) is 0 Å². The van der Waals surface area contributed by atoms with E-state index in [9.17, 15) is 4.79 Å². The van der Waals surface area contributed by atoms with E-state index >= 15 is 0 Å². The molecule has 1 amide bonds. The van der Waals surface area contributed by atoms with Crippen molar-refractivity contribution in [3.8, 4) is 0 Å². The van der Waals surface area contributed by atoms with Gasteiger partial charge < -0.3 is 15.4 Å². The second kappa shape index (κ2) is 4.72. The summed E-state index contributed by atoms with van der Waals surface area (Å²) in [6, 6.07) is 0. The third kappa shape index (κ3) is 3.37. The Labute approximate surface area is 110 Å². The van der Waals surface area contributed by atoms with Crippen molar-refractivity contribution in [3.63, 3.8) is 0 Å². The molecular weight excluding hydrogens is 228 g/mol. The first-order chi connectivity index (χ1) is 8.30. The SMILES string of the molecule is CC(C)(C)OC(=O)N1CCCC(C2(N)CC2)CC1. The maximum atomic E-state index is 12.0. The molecule has 1 heterocycles. The van der Waals surface area contributed by atoms with Crippen LogP contribution in [0.5, 0.6) is 0 Å². The summed E-state index contributed by atoms with van der Waals surface area (Å²) in [6.07, 6.45) is 5.35. The van der Waals surface area contributed by atoms with E-state index in [0.29, 0.717) is 5.92 Å². The molecule has 2 aliphatic rings.